The minimum absolute atomic E-state index is 0.113. The molecule has 1 heterocycles. The van der Waals surface area contributed by atoms with Gasteiger partial charge in [-0.3, -0.25) is 4.57 Å². The molecule has 1 aromatic heterocycles. The summed E-state index contributed by atoms with van der Waals surface area (Å²) >= 11 is 0. The van der Waals surface area contributed by atoms with E-state index in [1.54, 1.807) is 53.8 Å². The van der Waals surface area contributed by atoms with Crippen LogP contribution < -0.4 is 5.32 Å². The number of esters is 1. The molecule has 1 unspecified atom stereocenters. The molecule has 0 aliphatic heterocycles. The summed E-state index contributed by atoms with van der Waals surface area (Å²) in [6, 6.07) is 6.29. The molecule has 0 aliphatic rings. The number of aromatic nitrogens is 1. The zero-order valence-corrected chi connectivity index (χ0v) is 18.6. The zero-order chi connectivity index (χ0) is 22.7. The monoisotopic (exact) mass is 418 g/mol. The number of benzene rings is 1. The Kier molecular flexibility index (Phi) is 6.80. The number of methoxy groups -OCH3 is 1. The second-order valence-corrected chi connectivity index (χ2v) is 8.95. The minimum atomic E-state index is -0.984. The van der Waals surface area contributed by atoms with Crippen molar-refractivity contribution < 1.29 is 28.6 Å². The second-order valence-electron chi connectivity index (χ2n) is 8.95. The van der Waals surface area contributed by atoms with Crippen molar-refractivity contribution in [3.8, 4) is 0 Å². The highest BCUT2D eigenvalue weighted by Gasteiger charge is 2.28. The Morgan fingerprint density at radius 1 is 1.00 bits per heavy atom. The largest absolute Gasteiger partial charge is 0.467 e. The molecule has 0 radical (unpaired) electrons. The van der Waals surface area contributed by atoms with E-state index in [1.165, 1.54) is 11.7 Å². The third kappa shape index (κ3) is 6.23. The van der Waals surface area contributed by atoms with Gasteiger partial charge in [0.1, 0.15) is 17.2 Å². The van der Waals surface area contributed by atoms with Crippen molar-refractivity contribution in [2.24, 2.45) is 0 Å². The standard InChI is InChI=1S/C22H30N2O6/c1-21(2,3)29-19(26)23-16(18(25)28-7)12-14-13-24(20(27)30-22(4,5)6)17-11-9-8-10-15(14)17/h8-11,13,16H,12H2,1-7H3,(H,23,26). The number of para-hydroxylation sites is 1. The number of hydrogen-bond donors (Lipinski definition) is 1. The Bertz CT molecular complexity index is 933. The molecule has 1 atom stereocenters. The van der Waals surface area contributed by atoms with Crippen molar-refractivity contribution >= 4 is 29.1 Å². The third-order valence-electron chi connectivity index (χ3n) is 3.99. The molecule has 164 valence electrons. The molecule has 1 aromatic carbocycles. The highest BCUT2D eigenvalue weighted by atomic mass is 16.6. The van der Waals surface area contributed by atoms with Crippen molar-refractivity contribution in [1.29, 1.82) is 0 Å². The number of rotatable bonds is 4. The average molecular weight is 418 g/mol. The van der Waals surface area contributed by atoms with Crippen LogP contribution in [-0.2, 0) is 25.4 Å². The SMILES string of the molecule is COC(=O)C(Cc1cn(C(=O)OC(C)(C)C)c2ccccc12)NC(=O)OC(C)(C)C. The number of amides is 1. The molecule has 1 amide bonds. The van der Waals surface area contributed by atoms with Crippen LogP contribution in [-0.4, -0.2) is 47.1 Å². The number of carbonyl (C=O) groups is 3. The first-order valence-electron chi connectivity index (χ1n) is 9.70. The maximum atomic E-state index is 12.7. The van der Waals surface area contributed by atoms with E-state index < -0.39 is 35.4 Å². The molecule has 30 heavy (non-hydrogen) atoms. The molecule has 0 aliphatic carbocycles. The smallest absolute Gasteiger partial charge is 0.419 e. The molecule has 0 saturated carbocycles. The summed E-state index contributed by atoms with van der Waals surface area (Å²) in [7, 11) is 1.25. The molecule has 0 saturated heterocycles. The summed E-state index contributed by atoms with van der Waals surface area (Å²) < 4.78 is 17.0. The van der Waals surface area contributed by atoms with Crippen LogP contribution in [0.3, 0.4) is 0 Å². The van der Waals surface area contributed by atoms with Crippen molar-refractivity contribution in [2.75, 3.05) is 7.11 Å². The zero-order valence-electron chi connectivity index (χ0n) is 18.6. The molecule has 0 fully saturated rings. The topological polar surface area (TPSA) is 95.9 Å². The van der Waals surface area contributed by atoms with Crippen LogP contribution >= 0.6 is 0 Å². The quantitative estimate of drug-likeness (QED) is 0.595. The van der Waals surface area contributed by atoms with Gasteiger partial charge in [-0.1, -0.05) is 18.2 Å². The first-order valence-corrected chi connectivity index (χ1v) is 9.70. The molecule has 1 N–H and O–H groups in total. The number of nitrogens with one attached hydrogen (secondary N) is 1. The van der Waals surface area contributed by atoms with Crippen molar-refractivity contribution in [3.63, 3.8) is 0 Å². The number of hydrogen-bond acceptors (Lipinski definition) is 6. The van der Waals surface area contributed by atoms with Crippen LogP contribution in [0.1, 0.15) is 47.1 Å². The van der Waals surface area contributed by atoms with Crippen LogP contribution in [0, 0.1) is 0 Å². The number of fused-ring (bicyclic) bond motifs is 1. The lowest BCUT2D eigenvalue weighted by atomic mass is 10.1. The first-order chi connectivity index (χ1) is 13.8. The summed E-state index contributed by atoms with van der Waals surface area (Å²) in [6.45, 7) is 10.6. The fraction of sp³-hybridized carbons (Fsp3) is 0.500. The summed E-state index contributed by atoms with van der Waals surface area (Å²) in [4.78, 5) is 37.1. The first kappa shape index (κ1) is 23.3. The Morgan fingerprint density at radius 2 is 1.60 bits per heavy atom. The molecule has 2 aromatic rings. The summed E-state index contributed by atoms with van der Waals surface area (Å²) in [5.74, 6) is -0.616. The molecule has 0 bridgehead atoms. The minimum Gasteiger partial charge on any atom is -0.467 e. The lowest BCUT2D eigenvalue weighted by Gasteiger charge is -2.22. The maximum Gasteiger partial charge on any atom is 0.419 e. The summed E-state index contributed by atoms with van der Waals surface area (Å²) in [5, 5.41) is 3.32. The van der Waals surface area contributed by atoms with Crippen molar-refractivity contribution in [1.82, 2.24) is 9.88 Å². The van der Waals surface area contributed by atoms with Gasteiger partial charge in [-0.25, -0.2) is 14.4 Å². The third-order valence-corrected chi connectivity index (χ3v) is 3.99. The van der Waals surface area contributed by atoms with E-state index in [9.17, 15) is 14.4 Å². The van der Waals surface area contributed by atoms with Crippen molar-refractivity contribution in [3.05, 3.63) is 36.0 Å². The van der Waals surface area contributed by atoms with Gasteiger partial charge in [0.15, 0.2) is 0 Å². The molecular formula is C22H30N2O6. The lowest BCUT2D eigenvalue weighted by molar-refractivity contribution is -0.143. The van der Waals surface area contributed by atoms with E-state index in [-0.39, 0.29) is 6.42 Å². The van der Waals surface area contributed by atoms with Crippen LogP contribution in [0.25, 0.3) is 10.9 Å². The number of carbonyl (C=O) groups excluding carboxylic acids is 3. The van der Waals surface area contributed by atoms with E-state index >= 15 is 0 Å². The Balaban J connectivity index is 2.36. The molecule has 8 nitrogen and oxygen atoms in total. The van der Waals surface area contributed by atoms with Crippen LogP contribution in [0.4, 0.5) is 9.59 Å². The number of nitrogens with zero attached hydrogens (tertiary/aromatic N) is 1. The second kappa shape index (κ2) is 8.77. The Labute approximate surface area is 176 Å². The predicted molar refractivity (Wildman–Crippen MR) is 112 cm³/mol. The van der Waals surface area contributed by atoms with Gasteiger partial charge in [-0.15, -0.1) is 0 Å². The van der Waals surface area contributed by atoms with Crippen LogP contribution in [0.2, 0.25) is 0 Å². The van der Waals surface area contributed by atoms with Gasteiger partial charge in [0, 0.05) is 18.0 Å². The van der Waals surface area contributed by atoms with E-state index in [2.05, 4.69) is 5.32 Å². The average Bonchev–Trinajstić information content (AvgIpc) is 2.96. The van der Waals surface area contributed by atoms with Gasteiger partial charge >= 0.3 is 18.2 Å². The van der Waals surface area contributed by atoms with Gasteiger partial charge in [-0.05, 0) is 53.2 Å². The van der Waals surface area contributed by atoms with Gasteiger partial charge in [-0.2, -0.15) is 0 Å². The fourth-order valence-corrected chi connectivity index (χ4v) is 2.88. The van der Waals surface area contributed by atoms with Gasteiger partial charge in [0.25, 0.3) is 0 Å². The van der Waals surface area contributed by atoms with E-state index in [0.717, 1.165) is 5.39 Å². The van der Waals surface area contributed by atoms with Gasteiger partial charge < -0.3 is 19.5 Å². The molecular weight excluding hydrogens is 388 g/mol. The Morgan fingerprint density at radius 3 is 2.17 bits per heavy atom. The highest BCUT2D eigenvalue weighted by molar-refractivity contribution is 5.92. The number of ether oxygens (including phenoxy) is 3. The van der Waals surface area contributed by atoms with Gasteiger partial charge in [0.05, 0.1) is 12.6 Å². The molecule has 2 rings (SSSR count). The predicted octanol–water partition coefficient (Wildman–Crippen LogP) is 4.03. The van der Waals surface area contributed by atoms with E-state index in [1.807, 2.05) is 18.2 Å². The number of alkyl carbamates (subject to hydrolysis) is 1. The highest BCUT2D eigenvalue weighted by Crippen LogP contribution is 2.24. The lowest BCUT2D eigenvalue weighted by Crippen LogP contribution is -2.45. The maximum absolute atomic E-state index is 12.7. The van der Waals surface area contributed by atoms with Crippen molar-refractivity contribution in [2.45, 2.75) is 65.2 Å². The molecule has 8 heteroatoms. The van der Waals surface area contributed by atoms with E-state index in [4.69, 9.17) is 14.2 Å². The summed E-state index contributed by atoms with van der Waals surface area (Å²) in [5.41, 5.74) is -0.0435. The van der Waals surface area contributed by atoms with Crippen LogP contribution in [0.15, 0.2) is 30.5 Å². The fourth-order valence-electron chi connectivity index (χ4n) is 2.88. The van der Waals surface area contributed by atoms with Gasteiger partial charge in [0.2, 0.25) is 0 Å². The molecule has 0 spiro atoms. The normalized spacial score (nSPS) is 12.9. The Hall–Kier alpha value is -3.03. The van der Waals surface area contributed by atoms with Crippen LogP contribution in [0.5, 0.6) is 0 Å². The summed E-state index contributed by atoms with van der Waals surface area (Å²) in [6.07, 6.45) is 0.474. The van der Waals surface area contributed by atoms with E-state index in [0.29, 0.717) is 11.1 Å².